The van der Waals surface area contributed by atoms with E-state index in [2.05, 4.69) is 28.4 Å². The minimum Gasteiger partial charge on any atom is -0.448 e. The second-order valence-corrected chi connectivity index (χ2v) is 11.5. The second-order valence-electron chi connectivity index (χ2n) is 11.1. The molecule has 198 valence electrons. The molecule has 1 aliphatic carbocycles. The SMILES string of the molecule is O=CNCC1OC(C2CCN(CCc3ccc(Cl)cc3)CC2)Cc2c1ccc1c2OC2(CCCCC2)O1. The number of carbonyl (C=O) groups is 1. The standard InChI is InChI=1S/C30H37ClN2O4/c31-23-6-4-21(5-7-23)10-15-33-16-11-22(12-17-33)27-18-25-24(28(35-27)19-32-20-34)8-9-26-29(25)37-30(36-26)13-2-1-3-14-30/h4-9,20,22,27-28H,1-3,10-19H2,(H,32,34). The van der Waals surface area contributed by atoms with Crippen LogP contribution in [0.4, 0.5) is 0 Å². The van der Waals surface area contributed by atoms with Gasteiger partial charge in [0.05, 0.1) is 6.10 Å². The fourth-order valence-corrected chi connectivity index (χ4v) is 6.77. The average Bonchev–Trinajstić information content (AvgIpc) is 3.29. The lowest BCUT2D eigenvalue weighted by atomic mass is 9.83. The third-order valence-electron chi connectivity index (χ3n) is 8.73. The number of carbonyl (C=O) groups excluding carboxylic acids is 1. The molecule has 1 saturated heterocycles. The molecule has 1 N–H and O–H groups in total. The van der Waals surface area contributed by atoms with E-state index in [-0.39, 0.29) is 12.2 Å². The van der Waals surface area contributed by atoms with Crippen LogP contribution in [0.15, 0.2) is 36.4 Å². The Morgan fingerprint density at radius 3 is 2.57 bits per heavy atom. The van der Waals surface area contributed by atoms with Crippen molar-refractivity contribution in [2.45, 2.75) is 75.8 Å². The summed E-state index contributed by atoms with van der Waals surface area (Å²) in [4.78, 5) is 13.7. The molecule has 6 rings (SSSR count). The number of rotatable bonds is 7. The number of nitrogens with one attached hydrogen (secondary N) is 1. The first kappa shape index (κ1) is 25.0. The van der Waals surface area contributed by atoms with Crippen molar-refractivity contribution < 1.29 is 19.0 Å². The van der Waals surface area contributed by atoms with Gasteiger partial charge in [0.2, 0.25) is 6.41 Å². The number of amides is 1. The van der Waals surface area contributed by atoms with E-state index in [4.69, 9.17) is 25.8 Å². The Bertz CT molecular complexity index is 1090. The maximum absolute atomic E-state index is 11.1. The molecular formula is C30H37ClN2O4. The summed E-state index contributed by atoms with van der Waals surface area (Å²) in [5.74, 6) is 1.79. The van der Waals surface area contributed by atoms with E-state index in [1.54, 1.807) is 0 Å². The predicted molar refractivity (Wildman–Crippen MR) is 143 cm³/mol. The first-order chi connectivity index (χ1) is 18.1. The lowest BCUT2D eigenvalue weighted by Gasteiger charge is -2.40. The number of likely N-dealkylation sites (tertiary alicyclic amines) is 1. The molecule has 1 spiro atoms. The van der Waals surface area contributed by atoms with Gasteiger partial charge in [-0.3, -0.25) is 4.79 Å². The highest BCUT2D eigenvalue weighted by Crippen LogP contribution is 2.51. The molecule has 2 unspecified atom stereocenters. The molecule has 37 heavy (non-hydrogen) atoms. The summed E-state index contributed by atoms with van der Waals surface area (Å²) < 4.78 is 19.7. The molecule has 2 aromatic carbocycles. The number of fused-ring (bicyclic) bond motifs is 3. The Morgan fingerprint density at radius 2 is 1.81 bits per heavy atom. The zero-order valence-corrected chi connectivity index (χ0v) is 22.2. The van der Waals surface area contributed by atoms with E-state index in [1.165, 1.54) is 17.5 Å². The molecule has 2 aromatic rings. The fraction of sp³-hybridized carbons (Fsp3) is 0.567. The summed E-state index contributed by atoms with van der Waals surface area (Å²) in [7, 11) is 0. The molecule has 3 heterocycles. The lowest BCUT2D eigenvalue weighted by molar-refractivity contribution is -0.111. The maximum atomic E-state index is 11.1. The van der Waals surface area contributed by atoms with Crippen molar-refractivity contribution in [3.05, 3.63) is 58.1 Å². The molecule has 0 bridgehead atoms. The molecule has 6 nitrogen and oxygen atoms in total. The van der Waals surface area contributed by atoms with Crippen molar-refractivity contribution in [2.24, 2.45) is 5.92 Å². The summed E-state index contributed by atoms with van der Waals surface area (Å²) in [6.45, 7) is 3.70. The van der Waals surface area contributed by atoms with E-state index in [0.29, 0.717) is 12.5 Å². The molecule has 7 heteroatoms. The summed E-state index contributed by atoms with van der Waals surface area (Å²) in [6, 6.07) is 12.3. The quantitative estimate of drug-likeness (QED) is 0.488. The number of halogens is 1. The van der Waals surface area contributed by atoms with Gasteiger partial charge in [-0.15, -0.1) is 0 Å². The first-order valence-corrected chi connectivity index (χ1v) is 14.3. The number of nitrogens with zero attached hydrogens (tertiary/aromatic N) is 1. The van der Waals surface area contributed by atoms with Gasteiger partial charge >= 0.3 is 0 Å². The molecule has 2 fully saturated rings. The van der Waals surface area contributed by atoms with Crippen LogP contribution in [0.3, 0.4) is 0 Å². The average molecular weight is 525 g/mol. The normalized spacial score (nSPS) is 25.1. The zero-order chi connectivity index (χ0) is 25.2. The van der Waals surface area contributed by atoms with Crippen molar-refractivity contribution in [3.63, 3.8) is 0 Å². The van der Waals surface area contributed by atoms with Crippen LogP contribution in [0, 0.1) is 5.92 Å². The van der Waals surface area contributed by atoms with E-state index in [0.717, 1.165) is 99.5 Å². The number of ether oxygens (including phenoxy) is 3. The van der Waals surface area contributed by atoms with Gasteiger partial charge in [0.15, 0.2) is 11.5 Å². The molecular weight excluding hydrogens is 488 g/mol. The van der Waals surface area contributed by atoms with Crippen molar-refractivity contribution >= 4 is 18.0 Å². The van der Waals surface area contributed by atoms with E-state index >= 15 is 0 Å². The van der Waals surface area contributed by atoms with Crippen LogP contribution >= 0.6 is 11.6 Å². The Morgan fingerprint density at radius 1 is 1.03 bits per heavy atom. The van der Waals surface area contributed by atoms with Crippen LogP contribution in [0.2, 0.25) is 5.02 Å². The molecule has 0 radical (unpaired) electrons. The fourth-order valence-electron chi connectivity index (χ4n) is 6.64. The topological polar surface area (TPSA) is 60.0 Å². The van der Waals surface area contributed by atoms with Crippen molar-refractivity contribution in [1.29, 1.82) is 0 Å². The minimum atomic E-state index is -0.491. The van der Waals surface area contributed by atoms with Crippen molar-refractivity contribution in [2.75, 3.05) is 26.2 Å². The number of hydrogen-bond acceptors (Lipinski definition) is 5. The van der Waals surface area contributed by atoms with Gasteiger partial charge in [0.1, 0.15) is 6.10 Å². The van der Waals surface area contributed by atoms with Gasteiger partial charge < -0.3 is 24.4 Å². The monoisotopic (exact) mass is 524 g/mol. The molecule has 1 amide bonds. The summed E-state index contributed by atoms with van der Waals surface area (Å²) in [6.07, 6.45) is 10.2. The van der Waals surface area contributed by atoms with Crippen molar-refractivity contribution in [3.8, 4) is 11.5 Å². The van der Waals surface area contributed by atoms with Crippen LogP contribution in [0.1, 0.15) is 67.7 Å². The Hall–Kier alpha value is -2.28. The number of hydrogen-bond donors (Lipinski definition) is 1. The maximum Gasteiger partial charge on any atom is 0.251 e. The van der Waals surface area contributed by atoms with Crippen LogP contribution in [-0.4, -0.2) is 49.4 Å². The highest BCUT2D eigenvalue weighted by Gasteiger charge is 2.45. The van der Waals surface area contributed by atoms with Gasteiger partial charge in [-0.2, -0.15) is 0 Å². The molecule has 4 aliphatic rings. The van der Waals surface area contributed by atoms with E-state index in [1.807, 2.05) is 18.2 Å². The highest BCUT2D eigenvalue weighted by molar-refractivity contribution is 6.30. The predicted octanol–water partition coefficient (Wildman–Crippen LogP) is 5.45. The minimum absolute atomic E-state index is 0.113. The summed E-state index contributed by atoms with van der Waals surface area (Å²) >= 11 is 6.03. The van der Waals surface area contributed by atoms with Gasteiger partial charge in [-0.25, -0.2) is 0 Å². The first-order valence-electron chi connectivity index (χ1n) is 14.0. The highest BCUT2D eigenvalue weighted by atomic mass is 35.5. The van der Waals surface area contributed by atoms with Crippen LogP contribution in [0.25, 0.3) is 0 Å². The third kappa shape index (κ3) is 5.34. The van der Waals surface area contributed by atoms with Gasteiger partial charge in [-0.1, -0.05) is 36.2 Å². The molecule has 3 aliphatic heterocycles. The van der Waals surface area contributed by atoms with Crippen LogP contribution in [-0.2, 0) is 22.4 Å². The Kier molecular flexibility index (Phi) is 7.33. The van der Waals surface area contributed by atoms with Crippen LogP contribution in [0.5, 0.6) is 11.5 Å². The van der Waals surface area contributed by atoms with Gasteiger partial charge in [0.25, 0.3) is 5.79 Å². The Balaban J connectivity index is 1.14. The summed E-state index contributed by atoms with van der Waals surface area (Å²) in [5, 5.41) is 3.64. The van der Waals surface area contributed by atoms with E-state index in [9.17, 15) is 4.79 Å². The molecule has 1 saturated carbocycles. The molecule has 0 aromatic heterocycles. The molecule has 2 atom stereocenters. The van der Waals surface area contributed by atoms with Crippen molar-refractivity contribution in [1.82, 2.24) is 10.2 Å². The largest absolute Gasteiger partial charge is 0.448 e. The number of piperidine rings is 1. The van der Waals surface area contributed by atoms with Gasteiger partial charge in [-0.05, 0) is 80.4 Å². The Labute approximate surface area is 224 Å². The lowest BCUT2D eigenvalue weighted by Crippen LogP contribution is -2.43. The smallest absolute Gasteiger partial charge is 0.251 e. The third-order valence-corrected chi connectivity index (χ3v) is 8.98. The number of benzene rings is 2. The van der Waals surface area contributed by atoms with E-state index < -0.39 is 5.79 Å². The zero-order valence-electron chi connectivity index (χ0n) is 21.4. The second kappa shape index (κ2) is 10.8. The van der Waals surface area contributed by atoms with Gasteiger partial charge in [0, 0.05) is 42.9 Å². The summed E-state index contributed by atoms with van der Waals surface area (Å²) in [5.41, 5.74) is 3.68. The van der Waals surface area contributed by atoms with Crippen LogP contribution < -0.4 is 14.8 Å².